The third-order valence-corrected chi connectivity index (χ3v) is 4.92. The molecule has 0 spiro atoms. The Morgan fingerprint density at radius 1 is 1.07 bits per heavy atom. The minimum absolute atomic E-state index is 0.216. The normalized spacial score (nSPS) is 10.8. The lowest BCUT2D eigenvalue weighted by Crippen LogP contribution is -2.30. The number of ether oxygens (including phenoxy) is 2. The van der Waals surface area contributed by atoms with Gasteiger partial charge in [-0.15, -0.1) is 0 Å². The lowest BCUT2D eigenvalue weighted by Gasteiger charge is -2.14. The minimum Gasteiger partial charge on any atom is -0.495 e. The van der Waals surface area contributed by atoms with E-state index in [9.17, 15) is 9.59 Å². The molecule has 2 aromatic carbocycles. The summed E-state index contributed by atoms with van der Waals surface area (Å²) in [5, 5.41) is 2.94. The Bertz CT molecular complexity index is 1150. The molecular weight excluding hydrogens is 382 g/mol. The van der Waals surface area contributed by atoms with Crippen LogP contribution in [0.2, 0.25) is 5.02 Å². The monoisotopic (exact) mass is 401 g/mol. The molecule has 1 aromatic heterocycles. The van der Waals surface area contributed by atoms with Crippen LogP contribution in [0, 0.1) is 13.8 Å². The van der Waals surface area contributed by atoms with E-state index >= 15 is 0 Å². The van der Waals surface area contributed by atoms with Crippen molar-refractivity contribution in [2.75, 3.05) is 19.5 Å². The van der Waals surface area contributed by atoms with Crippen LogP contribution >= 0.6 is 11.6 Å². The molecule has 0 fully saturated rings. The number of hydrogen-bond donors (Lipinski definition) is 1. The zero-order valence-electron chi connectivity index (χ0n) is 16.2. The number of aromatic nitrogens is 2. The molecule has 0 unspecified atom stereocenters. The fourth-order valence-corrected chi connectivity index (χ4v) is 3.11. The Labute approximate surface area is 166 Å². The van der Waals surface area contributed by atoms with Crippen molar-refractivity contribution in [3.8, 4) is 11.5 Å². The van der Waals surface area contributed by atoms with Gasteiger partial charge in [0.15, 0.2) is 5.69 Å². The second kappa shape index (κ2) is 7.52. The van der Waals surface area contributed by atoms with E-state index in [0.29, 0.717) is 33.2 Å². The third kappa shape index (κ3) is 3.41. The Hall–Kier alpha value is -3.06. The largest absolute Gasteiger partial charge is 0.495 e. The highest BCUT2D eigenvalue weighted by molar-refractivity contribution is 6.32. The number of nitrogens with one attached hydrogen (secondary N) is 1. The second-order valence-electron chi connectivity index (χ2n) is 6.39. The average Bonchev–Trinajstić information content (AvgIpc) is 2.66. The number of hydrogen-bond acceptors (Lipinski definition) is 5. The van der Waals surface area contributed by atoms with Crippen LogP contribution in [0.1, 0.15) is 21.6 Å². The first-order chi connectivity index (χ1) is 13.3. The molecule has 0 radical (unpaired) electrons. The maximum absolute atomic E-state index is 12.8. The van der Waals surface area contributed by atoms with Crippen LogP contribution in [-0.4, -0.2) is 29.7 Å². The van der Waals surface area contributed by atoms with Gasteiger partial charge in [-0.2, -0.15) is 0 Å². The van der Waals surface area contributed by atoms with E-state index in [-0.39, 0.29) is 5.69 Å². The Morgan fingerprint density at radius 3 is 2.36 bits per heavy atom. The lowest BCUT2D eigenvalue weighted by atomic mass is 10.1. The first-order valence-electron chi connectivity index (χ1n) is 8.47. The highest BCUT2D eigenvalue weighted by Gasteiger charge is 2.19. The van der Waals surface area contributed by atoms with Crippen LogP contribution in [0.15, 0.2) is 29.1 Å². The molecule has 0 saturated heterocycles. The van der Waals surface area contributed by atoms with Gasteiger partial charge in [-0.05, 0) is 43.2 Å². The molecule has 0 atom stereocenters. The van der Waals surface area contributed by atoms with Gasteiger partial charge >= 0.3 is 0 Å². The molecule has 1 N–H and O–H groups in total. The molecule has 0 aliphatic rings. The molecule has 8 heteroatoms. The molecule has 0 aliphatic carbocycles. The van der Waals surface area contributed by atoms with Crippen molar-refractivity contribution >= 4 is 34.2 Å². The van der Waals surface area contributed by atoms with E-state index in [1.807, 2.05) is 26.0 Å². The van der Waals surface area contributed by atoms with E-state index in [4.69, 9.17) is 21.1 Å². The summed E-state index contributed by atoms with van der Waals surface area (Å²) in [5.74, 6) is 0.0982. The summed E-state index contributed by atoms with van der Waals surface area (Å²) in [6, 6.07) is 6.78. The molecular formula is C20H20ClN3O4. The van der Waals surface area contributed by atoms with Crippen molar-refractivity contribution in [2.24, 2.45) is 7.05 Å². The van der Waals surface area contributed by atoms with Gasteiger partial charge in [-0.25, -0.2) is 4.98 Å². The fourth-order valence-electron chi connectivity index (χ4n) is 2.87. The molecule has 1 amide bonds. The van der Waals surface area contributed by atoms with Crippen LogP contribution in [0.5, 0.6) is 11.5 Å². The number of aryl methyl sites for hydroxylation is 3. The van der Waals surface area contributed by atoms with Crippen LogP contribution in [0.4, 0.5) is 5.69 Å². The van der Waals surface area contributed by atoms with Crippen LogP contribution < -0.4 is 20.3 Å². The molecule has 0 saturated carbocycles. The molecule has 3 aromatic rings. The SMILES string of the molecule is COc1cc(OC)c(NC(=O)c2nc3cc(C)c(C)cc3n(C)c2=O)cc1Cl. The van der Waals surface area contributed by atoms with Crippen molar-refractivity contribution in [1.82, 2.24) is 9.55 Å². The smallest absolute Gasteiger partial charge is 0.282 e. The number of rotatable bonds is 4. The van der Waals surface area contributed by atoms with E-state index < -0.39 is 11.5 Å². The summed E-state index contributed by atoms with van der Waals surface area (Å²) in [5.41, 5.74) is 2.89. The second-order valence-corrected chi connectivity index (χ2v) is 6.80. The van der Waals surface area contributed by atoms with Gasteiger partial charge in [0, 0.05) is 13.1 Å². The van der Waals surface area contributed by atoms with Gasteiger partial charge in [0.05, 0.1) is 36.0 Å². The minimum atomic E-state index is -0.653. The summed E-state index contributed by atoms with van der Waals surface area (Å²) >= 11 is 6.14. The summed E-state index contributed by atoms with van der Waals surface area (Å²) < 4.78 is 11.8. The predicted octanol–water partition coefficient (Wildman–Crippen LogP) is 3.47. The molecule has 3 rings (SSSR count). The van der Waals surface area contributed by atoms with Gasteiger partial charge in [0.2, 0.25) is 0 Å². The van der Waals surface area contributed by atoms with E-state index in [1.165, 1.54) is 24.9 Å². The zero-order chi connectivity index (χ0) is 20.6. The maximum atomic E-state index is 12.8. The Kier molecular flexibility index (Phi) is 5.29. The van der Waals surface area contributed by atoms with E-state index in [1.54, 1.807) is 13.1 Å². The van der Waals surface area contributed by atoms with Gasteiger partial charge in [-0.1, -0.05) is 11.6 Å². The topological polar surface area (TPSA) is 82.4 Å². The number of benzene rings is 2. The number of amides is 1. The van der Waals surface area contributed by atoms with E-state index in [2.05, 4.69) is 10.3 Å². The lowest BCUT2D eigenvalue weighted by molar-refractivity contribution is 0.102. The van der Waals surface area contributed by atoms with Crippen LogP contribution in [0.25, 0.3) is 11.0 Å². The third-order valence-electron chi connectivity index (χ3n) is 4.63. The van der Waals surface area contributed by atoms with Gasteiger partial charge in [0.1, 0.15) is 11.5 Å². The molecule has 28 heavy (non-hydrogen) atoms. The van der Waals surface area contributed by atoms with E-state index in [0.717, 1.165) is 11.1 Å². The number of halogens is 1. The number of fused-ring (bicyclic) bond motifs is 1. The standard InChI is InChI=1S/C20H20ClN3O4/c1-10-6-13-15(7-11(10)2)24(3)20(26)18(22-13)19(25)23-14-8-12(21)16(27-4)9-17(14)28-5/h6-9H,1-5H3,(H,23,25). The summed E-state index contributed by atoms with van der Waals surface area (Å²) in [7, 11) is 4.55. The Morgan fingerprint density at radius 2 is 1.71 bits per heavy atom. The van der Waals surface area contributed by atoms with Gasteiger partial charge < -0.3 is 19.4 Å². The highest BCUT2D eigenvalue weighted by Crippen LogP contribution is 2.36. The first-order valence-corrected chi connectivity index (χ1v) is 8.85. The van der Waals surface area contributed by atoms with Gasteiger partial charge in [0.25, 0.3) is 11.5 Å². The average molecular weight is 402 g/mol. The van der Waals surface area contributed by atoms with Crippen LogP contribution in [-0.2, 0) is 7.05 Å². The van der Waals surface area contributed by atoms with Crippen molar-refractivity contribution in [3.63, 3.8) is 0 Å². The molecule has 0 bridgehead atoms. The van der Waals surface area contributed by atoms with Crippen molar-refractivity contribution in [3.05, 3.63) is 56.5 Å². The van der Waals surface area contributed by atoms with Crippen molar-refractivity contribution < 1.29 is 14.3 Å². The molecule has 1 heterocycles. The summed E-state index contributed by atoms with van der Waals surface area (Å²) in [6.07, 6.45) is 0. The van der Waals surface area contributed by atoms with Crippen molar-refractivity contribution in [2.45, 2.75) is 13.8 Å². The van der Waals surface area contributed by atoms with Crippen LogP contribution in [0.3, 0.4) is 0 Å². The highest BCUT2D eigenvalue weighted by atomic mass is 35.5. The predicted molar refractivity (Wildman–Crippen MR) is 109 cm³/mol. The number of anilines is 1. The number of nitrogens with zero attached hydrogens (tertiary/aromatic N) is 2. The maximum Gasteiger partial charge on any atom is 0.282 e. The zero-order valence-corrected chi connectivity index (χ0v) is 17.0. The summed E-state index contributed by atoms with van der Waals surface area (Å²) in [6.45, 7) is 3.91. The fraction of sp³-hybridized carbons (Fsp3) is 0.250. The van der Waals surface area contributed by atoms with Crippen molar-refractivity contribution in [1.29, 1.82) is 0 Å². The number of carbonyl (C=O) groups is 1. The molecule has 0 aliphatic heterocycles. The first kappa shape index (κ1) is 19.7. The molecule has 7 nitrogen and oxygen atoms in total. The quantitative estimate of drug-likeness (QED) is 0.723. The van der Waals surface area contributed by atoms with Gasteiger partial charge in [-0.3, -0.25) is 9.59 Å². The Balaban J connectivity index is 2.07. The molecule has 146 valence electrons. The summed E-state index contributed by atoms with van der Waals surface area (Å²) in [4.78, 5) is 29.8. The number of carbonyl (C=O) groups excluding carboxylic acids is 1. The number of methoxy groups -OCH3 is 2.